The average molecular weight is 487 g/mol. The van der Waals surface area contributed by atoms with Gasteiger partial charge in [-0.25, -0.2) is 9.59 Å². The van der Waals surface area contributed by atoms with Crippen LogP contribution in [0.1, 0.15) is 41.0 Å². The lowest BCUT2D eigenvalue weighted by atomic mass is 10.1. The molecule has 2 amide bonds. The molecule has 2 aromatic rings. The fourth-order valence-corrected chi connectivity index (χ4v) is 4.48. The summed E-state index contributed by atoms with van der Waals surface area (Å²) in [5.74, 6) is -0.603. The first-order valence-corrected chi connectivity index (χ1v) is 12.2. The Labute approximate surface area is 202 Å². The van der Waals surface area contributed by atoms with Gasteiger partial charge in [0.05, 0.1) is 0 Å². The van der Waals surface area contributed by atoms with Gasteiger partial charge in [-0.2, -0.15) is 0 Å². The summed E-state index contributed by atoms with van der Waals surface area (Å²) < 4.78 is 5.13. The molecule has 2 heterocycles. The van der Waals surface area contributed by atoms with Gasteiger partial charge in [0.1, 0.15) is 12.6 Å². The summed E-state index contributed by atoms with van der Waals surface area (Å²) in [5, 5.41) is 17.8. The molecule has 1 aromatic carbocycles. The van der Waals surface area contributed by atoms with Crippen molar-refractivity contribution < 1.29 is 24.2 Å². The number of rotatable bonds is 11. The molecular weight excluding hydrogens is 456 g/mol. The van der Waals surface area contributed by atoms with Crippen LogP contribution in [0.5, 0.6) is 0 Å². The Kier molecular flexibility index (Phi) is 9.90. The summed E-state index contributed by atoms with van der Waals surface area (Å²) >= 11 is 1.52. The maximum atomic E-state index is 12.0. The molecule has 182 valence electrons. The van der Waals surface area contributed by atoms with Crippen molar-refractivity contribution >= 4 is 35.3 Å². The van der Waals surface area contributed by atoms with E-state index in [1.165, 1.54) is 11.3 Å². The van der Waals surface area contributed by atoms with E-state index in [9.17, 15) is 19.5 Å². The highest BCUT2D eigenvalue weighted by Crippen LogP contribution is 2.20. The summed E-state index contributed by atoms with van der Waals surface area (Å²) in [6.07, 6.45) is 3.22. The molecule has 0 saturated heterocycles. The number of guanidine groups is 1. The van der Waals surface area contributed by atoms with E-state index in [0.29, 0.717) is 12.4 Å². The smallest absolute Gasteiger partial charge is 0.408 e. The summed E-state index contributed by atoms with van der Waals surface area (Å²) in [6, 6.07) is 12.0. The summed E-state index contributed by atoms with van der Waals surface area (Å²) in [6.45, 7) is 1.63. The number of thiophene rings is 1. The number of carbonyl (C=O) groups is 3. The number of hydrogen-bond acceptors (Lipinski definition) is 7. The van der Waals surface area contributed by atoms with Crippen molar-refractivity contribution in [2.45, 2.75) is 51.2 Å². The predicted octanol–water partition coefficient (Wildman–Crippen LogP) is 2.85. The zero-order valence-electron chi connectivity index (χ0n) is 18.9. The van der Waals surface area contributed by atoms with Gasteiger partial charge in [-0.1, -0.05) is 30.3 Å². The molecule has 0 unspecified atom stereocenters. The Bertz CT molecular complexity index is 992. The minimum atomic E-state index is -1.12. The number of carboxylic acids is 1. The normalized spacial score (nSPS) is 13.8. The maximum absolute atomic E-state index is 12.0. The number of nitrogens with one attached hydrogen (secondary N) is 3. The predicted molar refractivity (Wildman–Crippen MR) is 130 cm³/mol. The van der Waals surface area contributed by atoms with Crippen molar-refractivity contribution in [1.82, 2.24) is 16.0 Å². The third kappa shape index (κ3) is 8.86. The van der Waals surface area contributed by atoms with Gasteiger partial charge in [0.2, 0.25) is 5.91 Å². The molecule has 0 radical (unpaired) electrons. The Hall–Kier alpha value is -3.40. The van der Waals surface area contributed by atoms with Crippen LogP contribution in [0.3, 0.4) is 0 Å². The number of hydrogen-bond donors (Lipinski definition) is 4. The standard InChI is InChI=1S/C24H30N4O5S/c29-21(28-23-25-13-6-14-26-23)10-5-4-9-18-11-12-19(34-18)15-20(22(30)31)27-24(32)33-16-17-7-2-1-3-8-17/h1-3,7-8,11-12,20H,4-6,9-10,13-16H2,(H,27,32)(H,30,31)(H2,25,26,28,29)/t20-/m0/s1. The van der Waals surface area contributed by atoms with Crippen LogP contribution in [-0.2, 0) is 33.8 Å². The van der Waals surface area contributed by atoms with Gasteiger partial charge in [0.15, 0.2) is 5.96 Å². The van der Waals surface area contributed by atoms with E-state index < -0.39 is 18.1 Å². The zero-order valence-corrected chi connectivity index (χ0v) is 19.7. The molecule has 34 heavy (non-hydrogen) atoms. The van der Waals surface area contributed by atoms with E-state index in [-0.39, 0.29) is 18.9 Å². The molecule has 3 rings (SSSR count). The van der Waals surface area contributed by atoms with Crippen LogP contribution < -0.4 is 16.0 Å². The van der Waals surface area contributed by atoms with Gasteiger partial charge >= 0.3 is 12.1 Å². The van der Waals surface area contributed by atoms with Gasteiger partial charge in [-0.05, 0) is 43.4 Å². The van der Waals surface area contributed by atoms with Gasteiger partial charge in [-0.15, -0.1) is 11.3 Å². The van der Waals surface area contributed by atoms with Gasteiger partial charge in [0, 0.05) is 35.7 Å². The number of aliphatic imine (C=N–C) groups is 1. The summed E-state index contributed by atoms with van der Waals surface area (Å²) in [7, 11) is 0. The first-order chi connectivity index (χ1) is 16.5. The molecular formula is C24H30N4O5S. The molecule has 0 spiro atoms. The SMILES string of the molecule is O=C(CCCCc1ccc(C[C@H](NC(=O)OCc2ccccc2)C(=O)O)s1)NC1=NCCCN1. The zero-order chi connectivity index (χ0) is 24.2. The fourth-order valence-electron chi connectivity index (χ4n) is 3.37. The first-order valence-electron chi connectivity index (χ1n) is 11.4. The van der Waals surface area contributed by atoms with E-state index in [1.54, 1.807) is 0 Å². The van der Waals surface area contributed by atoms with Crippen LogP contribution in [0.15, 0.2) is 47.5 Å². The Morgan fingerprint density at radius 3 is 2.65 bits per heavy atom. The molecule has 9 nitrogen and oxygen atoms in total. The number of unbranched alkanes of at least 4 members (excludes halogenated alkanes) is 1. The van der Waals surface area contributed by atoms with E-state index in [2.05, 4.69) is 20.9 Å². The fraction of sp³-hybridized carbons (Fsp3) is 0.417. The van der Waals surface area contributed by atoms with Gasteiger partial charge < -0.3 is 20.5 Å². The Morgan fingerprint density at radius 1 is 1.12 bits per heavy atom. The molecule has 1 atom stereocenters. The minimum absolute atomic E-state index is 0.0467. The number of alkyl carbamates (subject to hydrolysis) is 1. The van der Waals surface area contributed by atoms with Crippen LogP contribution in [0.2, 0.25) is 0 Å². The molecule has 10 heteroatoms. The molecule has 0 bridgehead atoms. The number of carboxylic acid groups (broad SMARTS) is 1. The van der Waals surface area contributed by atoms with Gasteiger partial charge in [-0.3, -0.25) is 15.1 Å². The molecule has 0 saturated carbocycles. The van der Waals surface area contributed by atoms with Crippen LogP contribution in [0, 0.1) is 0 Å². The number of benzene rings is 1. The van der Waals surface area contributed by atoms with E-state index in [4.69, 9.17) is 4.74 Å². The lowest BCUT2D eigenvalue weighted by molar-refractivity contribution is -0.139. The lowest BCUT2D eigenvalue weighted by Crippen LogP contribution is -2.43. The molecule has 1 aromatic heterocycles. The topological polar surface area (TPSA) is 129 Å². The molecule has 1 aliphatic rings. The quantitative estimate of drug-likeness (QED) is 0.362. The monoisotopic (exact) mass is 486 g/mol. The maximum Gasteiger partial charge on any atom is 0.408 e. The number of amides is 2. The van der Waals surface area contributed by atoms with Crippen molar-refractivity contribution in [1.29, 1.82) is 0 Å². The largest absolute Gasteiger partial charge is 0.480 e. The van der Waals surface area contributed by atoms with Crippen LogP contribution in [0.25, 0.3) is 0 Å². The third-order valence-electron chi connectivity index (χ3n) is 5.16. The highest BCUT2D eigenvalue weighted by molar-refractivity contribution is 7.12. The lowest BCUT2D eigenvalue weighted by Gasteiger charge is -2.14. The summed E-state index contributed by atoms with van der Waals surface area (Å²) in [4.78, 5) is 41.9. The van der Waals surface area contributed by atoms with Crippen molar-refractivity contribution in [3.05, 3.63) is 57.8 Å². The molecule has 4 N–H and O–H groups in total. The van der Waals surface area contributed by atoms with E-state index in [0.717, 1.165) is 54.1 Å². The van der Waals surface area contributed by atoms with E-state index in [1.807, 2.05) is 42.5 Å². The third-order valence-corrected chi connectivity index (χ3v) is 6.32. The number of carbonyl (C=O) groups excluding carboxylic acids is 2. The minimum Gasteiger partial charge on any atom is -0.480 e. The second-order valence-corrected chi connectivity index (χ2v) is 9.19. The number of aliphatic carboxylic acids is 1. The van der Waals surface area contributed by atoms with Crippen LogP contribution in [0.4, 0.5) is 4.79 Å². The second kappa shape index (κ2) is 13.3. The number of ether oxygens (including phenoxy) is 1. The molecule has 0 aliphatic carbocycles. The Balaban J connectivity index is 1.37. The van der Waals surface area contributed by atoms with Crippen molar-refractivity contribution in [2.24, 2.45) is 4.99 Å². The van der Waals surface area contributed by atoms with E-state index >= 15 is 0 Å². The van der Waals surface area contributed by atoms with Crippen molar-refractivity contribution in [3.8, 4) is 0 Å². The number of nitrogens with zero attached hydrogens (tertiary/aromatic N) is 1. The van der Waals surface area contributed by atoms with Crippen molar-refractivity contribution in [3.63, 3.8) is 0 Å². The first kappa shape index (κ1) is 25.2. The second-order valence-electron chi connectivity index (χ2n) is 7.93. The van der Waals surface area contributed by atoms with Gasteiger partial charge in [0.25, 0.3) is 0 Å². The van der Waals surface area contributed by atoms with Crippen LogP contribution >= 0.6 is 11.3 Å². The highest BCUT2D eigenvalue weighted by Gasteiger charge is 2.22. The molecule has 1 aliphatic heterocycles. The number of aryl methyl sites for hydroxylation is 1. The van der Waals surface area contributed by atoms with Crippen LogP contribution in [-0.4, -0.2) is 48.2 Å². The summed E-state index contributed by atoms with van der Waals surface area (Å²) in [5.41, 5.74) is 0.823. The average Bonchev–Trinajstić information content (AvgIpc) is 3.28. The molecule has 0 fully saturated rings. The van der Waals surface area contributed by atoms with Crippen molar-refractivity contribution in [2.75, 3.05) is 13.1 Å². The highest BCUT2D eigenvalue weighted by atomic mass is 32.1. The Morgan fingerprint density at radius 2 is 1.91 bits per heavy atom.